The molecule has 0 aliphatic carbocycles. The van der Waals surface area contributed by atoms with Crippen molar-refractivity contribution in [2.75, 3.05) is 0 Å². The highest BCUT2D eigenvalue weighted by atomic mass is 19.4. The number of alkyl halides is 3. The van der Waals surface area contributed by atoms with Crippen LogP contribution in [-0.4, -0.2) is 5.91 Å². The number of benzene rings is 1. The molecule has 0 fully saturated rings. The summed E-state index contributed by atoms with van der Waals surface area (Å²) in [5.74, 6) is -0.700. The predicted molar refractivity (Wildman–Crippen MR) is 54.4 cm³/mol. The van der Waals surface area contributed by atoms with Crippen LogP contribution in [0.1, 0.15) is 16.7 Å². The molecule has 1 aromatic rings. The van der Waals surface area contributed by atoms with Gasteiger partial charge in [0.05, 0.1) is 5.56 Å². The first-order valence-corrected chi connectivity index (χ1v) is 4.46. The van der Waals surface area contributed by atoms with Crippen molar-refractivity contribution in [2.45, 2.75) is 13.1 Å². The van der Waals surface area contributed by atoms with Crippen molar-refractivity contribution in [1.29, 1.82) is 0 Å². The van der Waals surface area contributed by atoms with Gasteiger partial charge in [0.1, 0.15) is 0 Å². The van der Waals surface area contributed by atoms with Gasteiger partial charge < -0.3 is 5.73 Å². The van der Waals surface area contributed by atoms with Gasteiger partial charge in [0, 0.05) is 6.08 Å². The van der Waals surface area contributed by atoms with Crippen molar-refractivity contribution in [3.05, 3.63) is 41.0 Å². The summed E-state index contributed by atoms with van der Waals surface area (Å²) in [5, 5.41) is 0. The van der Waals surface area contributed by atoms with Crippen molar-refractivity contribution in [3.63, 3.8) is 0 Å². The minimum Gasteiger partial charge on any atom is -0.366 e. The monoisotopic (exact) mass is 229 g/mol. The molecule has 0 bridgehead atoms. The number of halogens is 3. The molecule has 86 valence electrons. The van der Waals surface area contributed by atoms with E-state index in [1.165, 1.54) is 25.1 Å². The lowest BCUT2D eigenvalue weighted by molar-refractivity contribution is -0.138. The number of nitrogens with two attached hydrogens (primary N) is 1. The third-order valence-corrected chi connectivity index (χ3v) is 2.01. The summed E-state index contributed by atoms with van der Waals surface area (Å²) in [6, 6.07) is 3.82. The molecule has 1 aromatic carbocycles. The Bertz CT molecular complexity index is 435. The molecule has 0 aliphatic rings. The molecule has 0 aliphatic heterocycles. The lowest BCUT2D eigenvalue weighted by Gasteiger charge is -2.10. The smallest absolute Gasteiger partial charge is 0.366 e. The molecule has 2 nitrogen and oxygen atoms in total. The second kappa shape index (κ2) is 4.38. The van der Waals surface area contributed by atoms with Gasteiger partial charge in [-0.05, 0) is 30.2 Å². The van der Waals surface area contributed by atoms with Crippen molar-refractivity contribution < 1.29 is 18.0 Å². The normalized spacial score (nSPS) is 12.0. The average molecular weight is 229 g/mol. The number of amides is 1. The molecular formula is C11H10F3NO. The summed E-state index contributed by atoms with van der Waals surface area (Å²) in [4.78, 5) is 10.4. The molecule has 2 N–H and O–H groups in total. The van der Waals surface area contributed by atoms with E-state index in [2.05, 4.69) is 0 Å². The number of hydrogen-bond acceptors (Lipinski definition) is 1. The predicted octanol–water partition coefficient (Wildman–Crippen LogP) is 2.51. The average Bonchev–Trinajstić information content (AvgIpc) is 2.14. The SMILES string of the molecule is Cc1ccc(/C=C\C(N)=O)cc1C(F)(F)F. The Morgan fingerprint density at radius 2 is 2.00 bits per heavy atom. The minimum atomic E-state index is -4.39. The van der Waals surface area contributed by atoms with Gasteiger partial charge >= 0.3 is 6.18 Å². The van der Waals surface area contributed by atoms with Crippen molar-refractivity contribution in [2.24, 2.45) is 5.73 Å². The Hall–Kier alpha value is -1.78. The third kappa shape index (κ3) is 3.12. The zero-order valence-corrected chi connectivity index (χ0v) is 8.51. The molecular weight excluding hydrogens is 219 g/mol. The van der Waals surface area contributed by atoms with Crippen LogP contribution in [0, 0.1) is 6.92 Å². The quantitative estimate of drug-likeness (QED) is 0.778. The van der Waals surface area contributed by atoms with Crippen LogP contribution in [0.5, 0.6) is 0 Å². The summed E-state index contributed by atoms with van der Waals surface area (Å²) in [6.45, 7) is 1.38. The first-order chi connectivity index (χ1) is 7.30. The lowest BCUT2D eigenvalue weighted by Crippen LogP contribution is -2.08. The van der Waals surface area contributed by atoms with Crippen LogP contribution in [0.15, 0.2) is 24.3 Å². The highest BCUT2D eigenvalue weighted by molar-refractivity contribution is 5.90. The van der Waals surface area contributed by atoms with Crippen molar-refractivity contribution in [3.8, 4) is 0 Å². The van der Waals surface area contributed by atoms with Crippen molar-refractivity contribution in [1.82, 2.24) is 0 Å². The summed E-state index contributed by atoms with van der Waals surface area (Å²) < 4.78 is 37.5. The number of rotatable bonds is 2. The van der Waals surface area contributed by atoms with Crippen LogP contribution < -0.4 is 5.73 Å². The van der Waals surface area contributed by atoms with Crippen LogP contribution in [0.2, 0.25) is 0 Å². The maximum Gasteiger partial charge on any atom is 0.416 e. The summed E-state index contributed by atoms with van der Waals surface area (Å²) in [7, 11) is 0. The highest BCUT2D eigenvalue weighted by Gasteiger charge is 2.32. The van der Waals surface area contributed by atoms with E-state index in [0.717, 1.165) is 12.1 Å². The zero-order chi connectivity index (χ0) is 12.3. The van der Waals surface area contributed by atoms with E-state index in [9.17, 15) is 18.0 Å². The molecule has 0 saturated carbocycles. The molecule has 1 rings (SSSR count). The number of carbonyl (C=O) groups is 1. The Labute approximate surface area is 90.6 Å². The first-order valence-electron chi connectivity index (χ1n) is 4.46. The van der Waals surface area contributed by atoms with E-state index >= 15 is 0 Å². The minimum absolute atomic E-state index is 0.142. The van der Waals surface area contributed by atoms with E-state index < -0.39 is 17.6 Å². The largest absolute Gasteiger partial charge is 0.416 e. The maximum absolute atomic E-state index is 12.5. The van der Waals surface area contributed by atoms with Gasteiger partial charge in [-0.25, -0.2) is 0 Å². The molecule has 0 radical (unpaired) electrons. The van der Waals surface area contributed by atoms with Gasteiger partial charge in [-0.15, -0.1) is 0 Å². The molecule has 1 amide bonds. The van der Waals surface area contributed by atoms with Gasteiger partial charge in [-0.3, -0.25) is 4.79 Å². The zero-order valence-electron chi connectivity index (χ0n) is 8.51. The molecule has 0 saturated heterocycles. The molecule has 0 spiro atoms. The standard InChI is InChI=1S/C11H10F3NO/c1-7-2-3-8(4-5-10(15)16)6-9(7)11(12,13)14/h2-6H,1H3,(H2,15,16)/b5-4-. The summed E-state index contributed by atoms with van der Waals surface area (Å²) in [5.41, 5.74) is 4.57. The van der Waals surface area contributed by atoms with Crippen LogP contribution in [0.4, 0.5) is 13.2 Å². The Morgan fingerprint density at radius 1 is 1.38 bits per heavy atom. The van der Waals surface area contributed by atoms with Crippen LogP contribution in [-0.2, 0) is 11.0 Å². The Morgan fingerprint density at radius 3 is 2.50 bits per heavy atom. The van der Waals surface area contributed by atoms with Gasteiger partial charge in [-0.1, -0.05) is 12.1 Å². The fraction of sp³-hybridized carbons (Fsp3) is 0.182. The van der Waals surface area contributed by atoms with E-state index in [0.29, 0.717) is 0 Å². The molecule has 0 atom stereocenters. The van der Waals surface area contributed by atoms with Crippen molar-refractivity contribution >= 4 is 12.0 Å². The molecule has 0 aromatic heterocycles. The second-order valence-corrected chi connectivity index (χ2v) is 3.31. The van der Waals surface area contributed by atoms with Gasteiger partial charge in [0.25, 0.3) is 0 Å². The van der Waals surface area contributed by atoms with Gasteiger partial charge in [-0.2, -0.15) is 13.2 Å². The summed E-state index contributed by atoms with van der Waals surface area (Å²) in [6.07, 6.45) is -2.12. The molecule has 0 heterocycles. The fourth-order valence-corrected chi connectivity index (χ4v) is 1.23. The fourth-order valence-electron chi connectivity index (χ4n) is 1.23. The van der Waals surface area contributed by atoms with E-state index in [1.54, 1.807) is 0 Å². The number of hydrogen-bond donors (Lipinski definition) is 1. The van der Waals surface area contributed by atoms with E-state index in [4.69, 9.17) is 5.73 Å². The maximum atomic E-state index is 12.5. The summed E-state index contributed by atoms with van der Waals surface area (Å²) >= 11 is 0. The number of aryl methyl sites for hydroxylation is 1. The molecule has 0 unspecified atom stereocenters. The first kappa shape index (κ1) is 12.3. The van der Waals surface area contributed by atoms with Crippen LogP contribution >= 0.6 is 0 Å². The second-order valence-electron chi connectivity index (χ2n) is 3.31. The van der Waals surface area contributed by atoms with Gasteiger partial charge in [0.15, 0.2) is 0 Å². The van der Waals surface area contributed by atoms with E-state index in [-0.39, 0.29) is 11.1 Å². The Balaban J connectivity index is 3.13. The molecule has 5 heteroatoms. The topological polar surface area (TPSA) is 43.1 Å². The lowest BCUT2D eigenvalue weighted by atomic mass is 10.0. The number of primary amides is 1. The van der Waals surface area contributed by atoms with Crippen LogP contribution in [0.3, 0.4) is 0 Å². The van der Waals surface area contributed by atoms with Gasteiger partial charge in [0.2, 0.25) is 5.91 Å². The third-order valence-electron chi connectivity index (χ3n) is 2.01. The highest BCUT2D eigenvalue weighted by Crippen LogP contribution is 2.32. The van der Waals surface area contributed by atoms with E-state index in [1.807, 2.05) is 0 Å². The van der Waals surface area contributed by atoms with Crippen LogP contribution in [0.25, 0.3) is 6.08 Å². The molecule has 16 heavy (non-hydrogen) atoms. The Kier molecular flexibility index (Phi) is 3.37. The number of carbonyl (C=O) groups excluding carboxylic acids is 1.